The fraction of sp³-hybridized carbons (Fsp3) is 0.235. The van der Waals surface area contributed by atoms with Crippen molar-refractivity contribution in [1.29, 1.82) is 0 Å². The average molecular weight is 377 g/mol. The van der Waals surface area contributed by atoms with Gasteiger partial charge in [0.05, 0.1) is 17.9 Å². The largest absolute Gasteiger partial charge is 0.442 e. The number of nitrogens with zero attached hydrogens (tertiary/aromatic N) is 2. The minimum absolute atomic E-state index is 0.0586. The van der Waals surface area contributed by atoms with Gasteiger partial charge in [0, 0.05) is 31.4 Å². The standard InChI is InChI=1S/C17H13F2N3O5/c1-20-15(24)13-8-22(16(25)26-13)9-2-3-11-12(6-9)27-17(18,19)14-7-10(23)4-5-21(11)14/h2-7,13H,8H2,1H3,(H,20,24)/t13-/m1/s1. The molecular formula is C17H13F2N3O5. The lowest BCUT2D eigenvalue weighted by atomic mass is 10.1. The van der Waals surface area contributed by atoms with Crippen LogP contribution in [0.25, 0.3) is 5.69 Å². The van der Waals surface area contributed by atoms with E-state index in [9.17, 15) is 23.2 Å². The van der Waals surface area contributed by atoms with E-state index in [0.29, 0.717) is 0 Å². The molecule has 1 N–H and O–H groups in total. The van der Waals surface area contributed by atoms with Crippen molar-refractivity contribution in [3.63, 3.8) is 0 Å². The molecule has 2 amide bonds. The number of nitrogens with one attached hydrogen (secondary N) is 1. The van der Waals surface area contributed by atoms with Gasteiger partial charge in [-0.05, 0) is 12.1 Å². The van der Waals surface area contributed by atoms with Gasteiger partial charge >= 0.3 is 12.2 Å². The average Bonchev–Trinajstić information content (AvgIpc) is 3.02. The summed E-state index contributed by atoms with van der Waals surface area (Å²) in [6.07, 6.45) is -4.25. The summed E-state index contributed by atoms with van der Waals surface area (Å²) in [4.78, 5) is 36.3. The molecule has 1 fully saturated rings. The van der Waals surface area contributed by atoms with Gasteiger partial charge in [-0.15, -0.1) is 0 Å². The number of aromatic nitrogens is 1. The molecule has 0 saturated carbocycles. The van der Waals surface area contributed by atoms with Gasteiger partial charge in [0.1, 0.15) is 5.69 Å². The van der Waals surface area contributed by atoms with Crippen LogP contribution in [-0.4, -0.2) is 36.3 Å². The molecule has 1 aromatic heterocycles. The highest BCUT2D eigenvalue weighted by molar-refractivity contribution is 5.95. The molecule has 0 aliphatic carbocycles. The van der Waals surface area contributed by atoms with E-state index in [1.165, 1.54) is 31.4 Å². The van der Waals surface area contributed by atoms with E-state index >= 15 is 0 Å². The van der Waals surface area contributed by atoms with Crippen LogP contribution >= 0.6 is 0 Å². The maximum absolute atomic E-state index is 14.3. The number of benzene rings is 1. The van der Waals surface area contributed by atoms with Crippen molar-refractivity contribution in [2.24, 2.45) is 0 Å². The molecule has 3 heterocycles. The van der Waals surface area contributed by atoms with Crippen LogP contribution in [0.2, 0.25) is 0 Å². The number of hydrogen-bond donors (Lipinski definition) is 1. The molecule has 0 radical (unpaired) electrons. The molecule has 0 spiro atoms. The first-order valence-electron chi connectivity index (χ1n) is 7.94. The van der Waals surface area contributed by atoms with Crippen molar-refractivity contribution >= 4 is 17.7 Å². The summed E-state index contributed by atoms with van der Waals surface area (Å²) < 4.78 is 39.5. The minimum Gasteiger partial charge on any atom is -0.434 e. The van der Waals surface area contributed by atoms with Crippen LogP contribution in [0.4, 0.5) is 19.3 Å². The highest BCUT2D eigenvalue weighted by atomic mass is 19.3. The van der Waals surface area contributed by atoms with Crippen molar-refractivity contribution in [1.82, 2.24) is 9.88 Å². The Labute approximate surface area is 150 Å². The molecule has 0 bridgehead atoms. The number of cyclic esters (lactones) is 1. The zero-order valence-electron chi connectivity index (χ0n) is 13.9. The number of fused-ring (bicyclic) bond motifs is 3. The highest BCUT2D eigenvalue weighted by Gasteiger charge is 2.43. The lowest BCUT2D eigenvalue weighted by Gasteiger charge is -2.29. The molecule has 2 aliphatic rings. The fourth-order valence-electron chi connectivity index (χ4n) is 3.03. The van der Waals surface area contributed by atoms with E-state index in [2.05, 4.69) is 5.32 Å². The molecule has 27 heavy (non-hydrogen) atoms. The third kappa shape index (κ3) is 2.69. The maximum Gasteiger partial charge on any atom is 0.442 e. The number of pyridine rings is 1. The van der Waals surface area contributed by atoms with Crippen LogP contribution in [-0.2, 0) is 15.6 Å². The zero-order valence-corrected chi connectivity index (χ0v) is 13.9. The Hall–Kier alpha value is -3.43. The van der Waals surface area contributed by atoms with Crippen LogP contribution < -0.4 is 20.4 Å². The van der Waals surface area contributed by atoms with Gasteiger partial charge in [-0.1, -0.05) is 0 Å². The summed E-state index contributed by atoms with van der Waals surface area (Å²) in [7, 11) is 1.41. The van der Waals surface area contributed by atoms with Crippen molar-refractivity contribution in [2.75, 3.05) is 18.5 Å². The Morgan fingerprint density at radius 1 is 1.26 bits per heavy atom. The number of amides is 2. The van der Waals surface area contributed by atoms with E-state index in [4.69, 9.17) is 9.47 Å². The SMILES string of the molecule is CNC(=O)[C@H]1CN(c2ccc3c(c2)OC(F)(F)c2cc(=O)ccn2-3)C(=O)O1. The normalized spacial score (nSPS) is 19.6. The van der Waals surface area contributed by atoms with Gasteiger partial charge in [0.25, 0.3) is 5.91 Å². The summed E-state index contributed by atoms with van der Waals surface area (Å²) in [5, 5.41) is 2.38. The molecule has 8 nitrogen and oxygen atoms in total. The molecule has 4 rings (SSSR count). The van der Waals surface area contributed by atoms with E-state index < -0.39 is 35.3 Å². The van der Waals surface area contributed by atoms with Gasteiger partial charge < -0.3 is 19.4 Å². The smallest absolute Gasteiger partial charge is 0.434 e. The van der Waals surface area contributed by atoms with Crippen LogP contribution in [0.15, 0.2) is 41.3 Å². The summed E-state index contributed by atoms with van der Waals surface area (Å²) in [5.41, 5.74) is -0.624. The minimum atomic E-state index is -3.72. The van der Waals surface area contributed by atoms with Crippen LogP contribution in [0.5, 0.6) is 5.75 Å². The number of carbonyl (C=O) groups excluding carboxylic acids is 2. The first-order valence-corrected chi connectivity index (χ1v) is 7.94. The fourth-order valence-corrected chi connectivity index (χ4v) is 3.03. The number of rotatable bonds is 2. The lowest BCUT2D eigenvalue weighted by molar-refractivity contribution is -0.194. The van der Waals surface area contributed by atoms with E-state index in [0.717, 1.165) is 21.6 Å². The van der Waals surface area contributed by atoms with Gasteiger partial charge in [-0.2, -0.15) is 8.78 Å². The highest BCUT2D eigenvalue weighted by Crippen LogP contribution is 2.42. The predicted octanol–water partition coefficient (Wildman–Crippen LogP) is 1.35. The molecule has 2 aliphatic heterocycles. The Balaban J connectivity index is 1.74. The number of ether oxygens (including phenoxy) is 2. The monoisotopic (exact) mass is 377 g/mol. The van der Waals surface area contributed by atoms with Crippen molar-refractivity contribution < 1.29 is 27.8 Å². The molecule has 140 valence electrons. The predicted molar refractivity (Wildman–Crippen MR) is 88.2 cm³/mol. The summed E-state index contributed by atoms with van der Waals surface area (Å²) in [6.45, 7) is -0.0586. The molecule has 1 aromatic carbocycles. The number of likely N-dealkylation sites (N-methyl/N-ethyl adjacent to an activating group) is 1. The Morgan fingerprint density at radius 3 is 2.78 bits per heavy atom. The number of hydrogen-bond acceptors (Lipinski definition) is 5. The number of carbonyl (C=O) groups is 2. The summed E-state index contributed by atoms with van der Waals surface area (Å²) in [6, 6.07) is 6.23. The first-order chi connectivity index (χ1) is 12.8. The number of halogens is 2. The van der Waals surface area contributed by atoms with E-state index in [1.54, 1.807) is 0 Å². The summed E-state index contributed by atoms with van der Waals surface area (Å²) in [5.74, 6) is -0.644. The van der Waals surface area contributed by atoms with Gasteiger partial charge in [0.15, 0.2) is 17.3 Å². The quantitative estimate of drug-likeness (QED) is 0.853. The molecule has 1 atom stereocenters. The number of alkyl halides is 2. The maximum atomic E-state index is 14.3. The van der Waals surface area contributed by atoms with E-state index in [-0.39, 0.29) is 23.7 Å². The first kappa shape index (κ1) is 17.0. The molecule has 0 unspecified atom stereocenters. The lowest BCUT2D eigenvalue weighted by Crippen LogP contribution is -2.35. The molecular weight excluding hydrogens is 364 g/mol. The second kappa shape index (κ2) is 5.79. The zero-order chi connectivity index (χ0) is 19.3. The molecule has 10 heteroatoms. The van der Waals surface area contributed by atoms with Crippen LogP contribution in [0.1, 0.15) is 5.69 Å². The van der Waals surface area contributed by atoms with Crippen LogP contribution in [0.3, 0.4) is 0 Å². The Bertz CT molecular complexity index is 1020. The number of anilines is 1. The van der Waals surface area contributed by atoms with Gasteiger partial charge in [-0.25, -0.2) is 4.79 Å². The van der Waals surface area contributed by atoms with Gasteiger partial charge in [-0.3, -0.25) is 14.5 Å². The van der Waals surface area contributed by atoms with Gasteiger partial charge in [0.2, 0.25) is 0 Å². The molecule has 1 saturated heterocycles. The second-order valence-electron chi connectivity index (χ2n) is 5.99. The Morgan fingerprint density at radius 2 is 2.04 bits per heavy atom. The van der Waals surface area contributed by atoms with E-state index in [1.807, 2.05) is 0 Å². The van der Waals surface area contributed by atoms with Crippen molar-refractivity contribution in [3.05, 3.63) is 52.4 Å². The van der Waals surface area contributed by atoms with Crippen LogP contribution in [0, 0.1) is 0 Å². The summed E-state index contributed by atoms with van der Waals surface area (Å²) >= 11 is 0. The third-order valence-corrected chi connectivity index (χ3v) is 4.33. The Kier molecular flexibility index (Phi) is 3.65. The van der Waals surface area contributed by atoms with Crippen molar-refractivity contribution in [2.45, 2.75) is 12.2 Å². The topological polar surface area (TPSA) is 89.9 Å². The second-order valence-corrected chi connectivity index (χ2v) is 5.99. The third-order valence-electron chi connectivity index (χ3n) is 4.33. The van der Waals surface area contributed by atoms with Crippen molar-refractivity contribution in [3.8, 4) is 11.4 Å². The molecule has 2 aromatic rings.